The van der Waals surface area contributed by atoms with Crippen LogP contribution in [0.5, 0.6) is 0 Å². The van der Waals surface area contributed by atoms with E-state index in [4.69, 9.17) is 27.6 Å². The molecule has 4 aromatic rings. The minimum atomic E-state index is -4.77. The molecule has 30 heavy (non-hydrogen) atoms. The molecule has 0 saturated carbocycles. The van der Waals surface area contributed by atoms with E-state index in [1.165, 1.54) is 18.4 Å². The van der Waals surface area contributed by atoms with Crippen LogP contribution in [0.2, 0.25) is 10.0 Å². The van der Waals surface area contributed by atoms with Crippen LogP contribution in [0.25, 0.3) is 17.1 Å². The Labute approximate surface area is 177 Å². The summed E-state index contributed by atoms with van der Waals surface area (Å²) in [6.45, 7) is 0.109. The van der Waals surface area contributed by atoms with Crippen LogP contribution in [-0.4, -0.2) is 20.5 Å². The number of furan rings is 1. The fourth-order valence-electron chi connectivity index (χ4n) is 2.76. The second-order valence-corrected chi connectivity index (χ2v) is 7.02. The third-order valence-electron chi connectivity index (χ3n) is 4.18. The summed E-state index contributed by atoms with van der Waals surface area (Å²) in [6, 6.07) is 10.5. The molecule has 3 aromatic heterocycles. The van der Waals surface area contributed by atoms with E-state index in [1.54, 1.807) is 24.3 Å². The zero-order chi connectivity index (χ0) is 21.5. The minimum Gasteiger partial charge on any atom is -0.463 e. The molecule has 0 aliphatic carbocycles. The Morgan fingerprint density at radius 2 is 1.90 bits per heavy atom. The summed E-state index contributed by atoms with van der Waals surface area (Å²) in [5.41, 5.74) is -1.18. The summed E-state index contributed by atoms with van der Waals surface area (Å²) >= 11 is 12.0. The number of fused-ring (bicyclic) bond motifs is 1. The zero-order valence-electron chi connectivity index (χ0n) is 14.9. The van der Waals surface area contributed by atoms with Crippen LogP contribution in [0.3, 0.4) is 0 Å². The summed E-state index contributed by atoms with van der Waals surface area (Å²) in [5.74, 6) is -0.623. The lowest BCUT2D eigenvalue weighted by atomic mass is 10.2. The van der Waals surface area contributed by atoms with Gasteiger partial charge < -0.3 is 9.73 Å². The fraction of sp³-hybridized carbons (Fsp3) is 0.105. The van der Waals surface area contributed by atoms with Gasteiger partial charge in [0.1, 0.15) is 10.7 Å². The molecule has 0 spiro atoms. The number of hydrogen-bond acceptors (Lipinski definition) is 4. The van der Waals surface area contributed by atoms with Gasteiger partial charge in [0, 0.05) is 11.6 Å². The predicted molar refractivity (Wildman–Crippen MR) is 103 cm³/mol. The average molecular weight is 455 g/mol. The highest BCUT2D eigenvalue weighted by molar-refractivity contribution is 6.36. The molecular weight excluding hydrogens is 444 g/mol. The van der Waals surface area contributed by atoms with Gasteiger partial charge in [-0.05, 0) is 35.9 Å². The van der Waals surface area contributed by atoms with Gasteiger partial charge in [-0.2, -0.15) is 18.3 Å². The van der Waals surface area contributed by atoms with Crippen LogP contribution in [0, 0.1) is 0 Å². The van der Waals surface area contributed by atoms with E-state index in [9.17, 15) is 18.0 Å². The number of nitrogens with one attached hydrogen (secondary N) is 1. The standard InChI is InChI=1S/C19H11Cl2F3N4O2/c20-11-5-3-10(4-6-11)9-25-18(29)16-15(21)17-26-12(13-2-1-7-30-13)8-14(19(22,23)24)28(17)27-16/h1-8H,9H2,(H,25,29). The SMILES string of the molecule is O=C(NCc1ccc(Cl)cc1)c1nn2c(C(F)(F)F)cc(-c3ccco3)nc2c1Cl. The van der Waals surface area contributed by atoms with Crippen LogP contribution < -0.4 is 5.32 Å². The fourth-order valence-corrected chi connectivity index (χ4v) is 3.13. The van der Waals surface area contributed by atoms with Crippen LogP contribution in [0.1, 0.15) is 21.7 Å². The maximum absolute atomic E-state index is 13.6. The van der Waals surface area contributed by atoms with Crippen molar-refractivity contribution in [2.45, 2.75) is 12.7 Å². The molecule has 0 bridgehead atoms. The molecule has 6 nitrogen and oxygen atoms in total. The molecule has 0 unspecified atom stereocenters. The first kappa shape index (κ1) is 20.2. The van der Waals surface area contributed by atoms with Gasteiger partial charge in [0.25, 0.3) is 5.91 Å². The number of benzene rings is 1. The molecule has 4 rings (SSSR count). The zero-order valence-corrected chi connectivity index (χ0v) is 16.4. The van der Waals surface area contributed by atoms with E-state index in [2.05, 4.69) is 15.4 Å². The number of rotatable bonds is 4. The van der Waals surface area contributed by atoms with E-state index in [0.717, 1.165) is 11.6 Å². The van der Waals surface area contributed by atoms with E-state index in [0.29, 0.717) is 9.54 Å². The lowest BCUT2D eigenvalue weighted by Crippen LogP contribution is -2.23. The van der Waals surface area contributed by atoms with Crippen molar-refractivity contribution >= 4 is 34.8 Å². The number of nitrogens with zero attached hydrogens (tertiary/aromatic N) is 3. The number of hydrogen-bond donors (Lipinski definition) is 1. The molecule has 0 aliphatic heterocycles. The third kappa shape index (κ3) is 3.86. The summed E-state index contributed by atoms with van der Waals surface area (Å²) in [5, 5.41) is 6.56. The molecule has 1 N–H and O–H groups in total. The number of carbonyl (C=O) groups is 1. The molecular formula is C19H11Cl2F3N4O2. The third-order valence-corrected chi connectivity index (χ3v) is 4.78. The number of alkyl halides is 3. The van der Waals surface area contributed by atoms with Gasteiger partial charge in [-0.15, -0.1) is 0 Å². The summed E-state index contributed by atoms with van der Waals surface area (Å²) in [6.07, 6.45) is -3.46. The van der Waals surface area contributed by atoms with Crippen molar-refractivity contribution in [3.05, 3.63) is 75.7 Å². The van der Waals surface area contributed by atoms with Crippen LogP contribution in [0.15, 0.2) is 53.1 Å². The Kier molecular flexibility index (Phi) is 5.17. The molecule has 0 saturated heterocycles. The number of amides is 1. The second kappa shape index (κ2) is 7.66. The number of aromatic nitrogens is 3. The molecule has 1 aromatic carbocycles. The molecule has 11 heteroatoms. The van der Waals surface area contributed by atoms with Gasteiger partial charge in [-0.3, -0.25) is 4.79 Å². The summed E-state index contributed by atoms with van der Waals surface area (Å²) < 4.78 is 46.5. The molecule has 0 radical (unpaired) electrons. The topological polar surface area (TPSA) is 72.4 Å². The lowest BCUT2D eigenvalue weighted by molar-refractivity contribution is -0.142. The highest BCUT2D eigenvalue weighted by atomic mass is 35.5. The number of carbonyl (C=O) groups excluding carboxylic acids is 1. The summed E-state index contributed by atoms with van der Waals surface area (Å²) in [7, 11) is 0. The highest BCUT2D eigenvalue weighted by Crippen LogP contribution is 2.34. The van der Waals surface area contributed by atoms with Crippen molar-refractivity contribution in [3.8, 4) is 11.5 Å². The van der Waals surface area contributed by atoms with E-state index < -0.39 is 17.8 Å². The molecule has 3 heterocycles. The largest absolute Gasteiger partial charge is 0.463 e. The Balaban J connectivity index is 1.73. The van der Waals surface area contributed by atoms with Crippen molar-refractivity contribution in [1.82, 2.24) is 19.9 Å². The van der Waals surface area contributed by atoms with Crippen LogP contribution in [0.4, 0.5) is 13.2 Å². The van der Waals surface area contributed by atoms with Gasteiger partial charge in [0.05, 0.1) is 6.26 Å². The lowest BCUT2D eigenvalue weighted by Gasteiger charge is -2.09. The highest BCUT2D eigenvalue weighted by Gasteiger charge is 2.37. The maximum Gasteiger partial charge on any atom is 0.433 e. The Morgan fingerprint density at radius 1 is 1.17 bits per heavy atom. The summed E-state index contributed by atoms with van der Waals surface area (Å²) in [4.78, 5) is 16.6. The smallest absolute Gasteiger partial charge is 0.433 e. The van der Waals surface area contributed by atoms with Gasteiger partial charge in [0.15, 0.2) is 22.8 Å². The second-order valence-electron chi connectivity index (χ2n) is 6.21. The van der Waals surface area contributed by atoms with Crippen molar-refractivity contribution in [2.75, 3.05) is 0 Å². The van der Waals surface area contributed by atoms with E-state index in [1.807, 2.05) is 0 Å². The van der Waals surface area contributed by atoms with Crippen molar-refractivity contribution in [1.29, 1.82) is 0 Å². The monoisotopic (exact) mass is 454 g/mol. The first-order valence-corrected chi connectivity index (χ1v) is 9.22. The molecule has 1 amide bonds. The maximum atomic E-state index is 13.6. The minimum absolute atomic E-state index is 0.0882. The Bertz CT molecular complexity index is 1220. The Hall–Kier alpha value is -3.04. The molecule has 0 aliphatic rings. The first-order chi connectivity index (χ1) is 14.2. The van der Waals surface area contributed by atoms with Gasteiger partial charge >= 0.3 is 6.18 Å². The van der Waals surface area contributed by atoms with Crippen LogP contribution >= 0.6 is 23.2 Å². The van der Waals surface area contributed by atoms with Crippen molar-refractivity contribution in [2.24, 2.45) is 0 Å². The molecule has 154 valence electrons. The quantitative estimate of drug-likeness (QED) is 0.457. The number of halogens is 5. The van der Waals surface area contributed by atoms with Gasteiger partial charge in [-0.25, -0.2) is 9.50 Å². The van der Waals surface area contributed by atoms with Crippen LogP contribution in [-0.2, 0) is 12.7 Å². The van der Waals surface area contributed by atoms with Crippen molar-refractivity contribution < 1.29 is 22.4 Å². The Morgan fingerprint density at radius 3 is 2.53 bits per heavy atom. The normalized spacial score (nSPS) is 11.8. The van der Waals surface area contributed by atoms with Gasteiger partial charge in [0.2, 0.25) is 0 Å². The average Bonchev–Trinajstić information content (AvgIpc) is 3.34. The van der Waals surface area contributed by atoms with E-state index >= 15 is 0 Å². The van der Waals surface area contributed by atoms with Crippen molar-refractivity contribution in [3.63, 3.8) is 0 Å². The predicted octanol–water partition coefficient (Wildman–Crippen LogP) is 5.24. The first-order valence-electron chi connectivity index (χ1n) is 8.47. The molecule has 0 fully saturated rings. The molecule has 0 atom stereocenters. The van der Waals surface area contributed by atoms with E-state index in [-0.39, 0.29) is 34.4 Å². The van der Waals surface area contributed by atoms with Gasteiger partial charge in [-0.1, -0.05) is 35.3 Å².